The number of nitrogens with one attached hydrogen (secondary N) is 1. The average molecular weight is 407 g/mol. The zero-order chi connectivity index (χ0) is 21.2. The Labute approximate surface area is 180 Å². The Morgan fingerprint density at radius 3 is 2.00 bits per heavy atom. The van der Waals surface area contributed by atoms with Crippen molar-refractivity contribution < 1.29 is 9.59 Å². The SMILES string of the molecule is O=C1c2cccc3cccc(c23)C(=O)N1CCCNc1ccc(-c2ccncc2)cc1. The van der Waals surface area contributed by atoms with E-state index in [0.717, 1.165) is 27.6 Å². The Bertz CT molecular complexity index is 1220. The van der Waals surface area contributed by atoms with Gasteiger partial charge >= 0.3 is 0 Å². The van der Waals surface area contributed by atoms with Crippen LogP contribution in [0.1, 0.15) is 27.1 Å². The Morgan fingerprint density at radius 1 is 0.742 bits per heavy atom. The number of aromatic nitrogens is 1. The number of rotatable bonds is 6. The summed E-state index contributed by atoms with van der Waals surface area (Å²) in [7, 11) is 0. The summed E-state index contributed by atoms with van der Waals surface area (Å²) in [6.07, 6.45) is 4.23. The summed E-state index contributed by atoms with van der Waals surface area (Å²) in [5.41, 5.74) is 4.47. The first-order valence-electron chi connectivity index (χ1n) is 10.3. The highest BCUT2D eigenvalue weighted by atomic mass is 16.2. The summed E-state index contributed by atoms with van der Waals surface area (Å²) in [4.78, 5) is 31.3. The van der Waals surface area contributed by atoms with Crippen molar-refractivity contribution in [2.24, 2.45) is 0 Å². The molecule has 0 saturated carbocycles. The molecule has 1 aliphatic rings. The van der Waals surface area contributed by atoms with Crippen LogP contribution in [0.5, 0.6) is 0 Å². The van der Waals surface area contributed by atoms with E-state index in [9.17, 15) is 9.59 Å². The first-order valence-corrected chi connectivity index (χ1v) is 10.3. The molecule has 1 aromatic heterocycles. The lowest BCUT2D eigenvalue weighted by Crippen LogP contribution is -2.41. The molecule has 0 radical (unpaired) electrons. The van der Waals surface area contributed by atoms with Gasteiger partial charge in [-0.15, -0.1) is 0 Å². The lowest BCUT2D eigenvalue weighted by atomic mass is 9.94. The summed E-state index contributed by atoms with van der Waals surface area (Å²) < 4.78 is 0. The predicted molar refractivity (Wildman–Crippen MR) is 122 cm³/mol. The lowest BCUT2D eigenvalue weighted by molar-refractivity contribution is 0.0610. The van der Waals surface area contributed by atoms with Crippen LogP contribution in [0.25, 0.3) is 21.9 Å². The minimum absolute atomic E-state index is 0.212. The number of carbonyl (C=O) groups excluding carboxylic acids is 2. The number of anilines is 1. The van der Waals surface area contributed by atoms with E-state index in [1.807, 2.05) is 48.5 Å². The van der Waals surface area contributed by atoms with Gasteiger partial charge in [0.05, 0.1) is 0 Å². The number of pyridine rings is 1. The molecule has 1 aliphatic heterocycles. The summed E-state index contributed by atoms with van der Waals surface area (Å²) in [5.74, 6) is -0.424. The minimum atomic E-state index is -0.212. The average Bonchev–Trinajstić information content (AvgIpc) is 2.83. The molecular formula is C26H21N3O2. The van der Waals surface area contributed by atoms with Crippen LogP contribution in [0.15, 0.2) is 85.2 Å². The van der Waals surface area contributed by atoms with E-state index >= 15 is 0 Å². The predicted octanol–water partition coefficient (Wildman–Crippen LogP) is 5.00. The molecule has 1 N–H and O–H groups in total. The molecule has 5 heteroatoms. The quantitative estimate of drug-likeness (QED) is 0.361. The summed E-state index contributed by atoms with van der Waals surface area (Å²) in [5, 5.41) is 5.06. The molecule has 0 saturated heterocycles. The van der Waals surface area contributed by atoms with Crippen molar-refractivity contribution in [2.45, 2.75) is 6.42 Å². The molecule has 4 aromatic rings. The van der Waals surface area contributed by atoms with Gasteiger partial charge in [-0.2, -0.15) is 0 Å². The summed E-state index contributed by atoms with van der Waals surface area (Å²) in [6.45, 7) is 1.04. The molecule has 0 fully saturated rings. The normalized spacial score (nSPS) is 13.0. The molecule has 3 aromatic carbocycles. The highest BCUT2D eigenvalue weighted by Crippen LogP contribution is 2.30. The largest absolute Gasteiger partial charge is 0.385 e. The maximum atomic E-state index is 12.9. The molecule has 5 rings (SSSR count). The molecule has 0 spiro atoms. The van der Waals surface area contributed by atoms with Gasteiger partial charge in [-0.3, -0.25) is 19.5 Å². The van der Waals surface area contributed by atoms with E-state index in [2.05, 4.69) is 22.4 Å². The molecule has 0 aliphatic carbocycles. The Kier molecular flexibility index (Phi) is 4.92. The van der Waals surface area contributed by atoms with E-state index < -0.39 is 0 Å². The molecule has 2 amide bonds. The molecule has 0 unspecified atom stereocenters. The monoisotopic (exact) mass is 407 g/mol. The highest BCUT2D eigenvalue weighted by molar-refractivity contribution is 6.25. The van der Waals surface area contributed by atoms with E-state index in [0.29, 0.717) is 30.6 Å². The fourth-order valence-corrected chi connectivity index (χ4v) is 4.08. The zero-order valence-corrected chi connectivity index (χ0v) is 16.9. The van der Waals surface area contributed by atoms with Gasteiger partial charge < -0.3 is 5.32 Å². The minimum Gasteiger partial charge on any atom is -0.385 e. The molecule has 152 valence electrons. The van der Waals surface area contributed by atoms with Crippen molar-refractivity contribution in [3.05, 3.63) is 96.3 Å². The van der Waals surface area contributed by atoms with Gasteiger partial charge in [-0.1, -0.05) is 36.4 Å². The second kappa shape index (κ2) is 8.03. The van der Waals surface area contributed by atoms with E-state index in [-0.39, 0.29) is 11.8 Å². The second-order valence-corrected chi connectivity index (χ2v) is 7.56. The molecule has 31 heavy (non-hydrogen) atoms. The molecule has 0 bridgehead atoms. The lowest BCUT2D eigenvalue weighted by Gasteiger charge is -2.27. The molecule has 5 nitrogen and oxygen atoms in total. The van der Waals surface area contributed by atoms with Crippen molar-refractivity contribution in [1.82, 2.24) is 9.88 Å². The highest BCUT2D eigenvalue weighted by Gasteiger charge is 2.31. The number of benzene rings is 3. The maximum Gasteiger partial charge on any atom is 0.261 e. The van der Waals surface area contributed by atoms with Gasteiger partial charge in [-0.05, 0) is 59.3 Å². The van der Waals surface area contributed by atoms with Gasteiger partial charge in [0.2, 0.25) is 0 Å². The standard InChI is InChI=1S/C26H21N3O2/c30-25-22-6-1-4-20-5-2-7-23(24(20)22)26(31)29(25)17-3-14-28-21-10-8-18(9-11-21)19-12-15-27-16-13-19/h1-2,4-13,15-16,28H,3,14,17H2. The van der Waals surface area contributed by atoms with Crippen LogP contribution >= 0.6 is 0 Å². The fourth-order valence-electron chi connectivity index (χ4n) is 4.08. The van der Waals surface area contributed by atoms with Gasteiger partial charge in [0, 0.05) is 47.7 Å². The van der Waals surface area contributed by atoms with Crippen molar-refractivity contribution in [2.75, 3.05) is 18.4 Å². The fraction of sp³-hybridized carbons (Fsp3) is 0.115. The van der Waals surface area contributed by atoms with Gasteiger partial charge in [0.15, 0.2) is 0 Å². The van der Waals surface area contributed by atoms with Crippen LogP contribution in [-0.2, 0) is 0 Å². The van der Waals surface area contributed by atoms with Gasteiger partial charge in [0.25, 0.3) is 11.8 Å². The number of nitrogens with zero attached hydrogens (tertiary/aromatic N) is 2. The smallest absolute Gasteiger partial charge is 0.261 e. The van der Waals surface area contributed by atoms with Crippen molar-refractivity contribution in [1.29, 1.82) is 0 Å². The number of imide groups is 1. The van der Waals surface area contributed by atoms with E-state index in [4.69, 9.17) is 0 Å². The molecule has 2 heterocycles. The van der Waals surface area contributed by atoms with Crippen LogP contribution in [0.3, 0.4) is 0 Å². The van der Waals surface area contributed by atoms with Crippen LogP contribution in [-0.4, -0.2) is 34.8 Å². The second-order valence-electron chi connectivity index (χ2n) is 7.56. The van der Waals surface area contributed by atoms with Gasteiger partial charge in [0.1, 0.15) is 0 Å². The first kappa shape index (κ1) is 19.0. The Morgan fingerprint density at radius 2 is 1.35 bits per heavy atom. The van der Waals surface area contributed by atoms with Crippen molar-refractivity contribution in [3.8, 4) is 11.1 Å². The van der Waals surface area contributed by atoms with E-state index in [1.54, 1.807) is 24.5 Å². The summed E-state index contributed by atoms with van der Waals surface area (Å²) in [6, 6.07) is 23.3. The summed E-state index contributed by atoms with van der Waals surface area (Å²) >= 11 is 0. The number of hydrogen-bond acceptors (Lipinski definition) is 4. The van der Waals surface area contributed by atoms with Crippen LogP contribution < -0.4 is 5.32 Å². The maximum absolute atomic E-state index is 12.9. The van der Waals surface area contributed by atoms with Crippen LogP contribution in [0.4, 0.5) is 5.69 Å². The molecular weight excluding hydrogens is 386 g/mol. The Balaban J connectivity index is 1.22. The van der Waals surface area contributed by atoms with Crippen molar-refractivity contribution >= 4 is 28.3 Å². The zero-order valence-electron chi connectivity index (χ0n) is 16.9. The Hall–Kier alpha value is -3.99. The van der Waals surface area contributed by atoms with Crippen LogP contribution in [0, 0.1) is 0 Å². The van der Waals surface area contributed by atoms with Gasteiger partial charge in [-0.25, -0.2) is 0 Å². The third-order valence-corrected chi connectivity index (χ3v) is 5.64. The number of carbonyl (C=O) groups is 2. The van der Waals surface area contributed by atoms with E-state index in [1.165, 1.54) is 4.90 Å². The third-order valence-electron chi connectivity index (χ3n) is 5.64. The number of amides is 2. The molecule has 0 atom stereocenters. The topological polar surface area (TPSA) is 62.3 Å². The van der Waals surface area contributed by atoms with Crippen LogP contribution in [0.2, 0.25) is 0 Å². The number of hydrogen-bond donors (Lipinski definition) is 1. The third kappa shape index (κ3) is 3.55. The van der Waals surface area contributed by atoms with Crippen molar-refractivity contribution in [3.63, 3.8) is 0 Å². The first-order chi connectivity index (χ1) is 15.2.